The van der Waals surface area contributed by atoms with Gasteiger partial charge in [-0.05, 0) is 86.7 Å². The van der Waals surface area contributed by atoms with E-state index in [1.54, 1.807) is 42.5 Å². The van der Waals surface area contributed by atoms with E-state index in [1.165, 1.54) is 11.8 Å². The number of anilines is 4. The molecule has 3 N–H and O–H groups in total. The Labute approximate surface area is 233 Å². The first-order valence-corrected chi connectivity index (χ1v) is 12.9. The van der Waals surface area contributed by atoms with Crippen LogP contribution in [0.5, 0.6) is 11.5 Å². The fraction of sp³-hybridized carbons (Fsp3) is 0.194. The fourth-order valence-electron chi connectivity index (χ4n) is 4.28. The molecule has 0 fully saturated rings. The number of nitrogens with zero attached hydrogens (tertiary/aromatic N) is 2. The van der Waals surface area contributed by atoms with Gasteiger partial charge in [0.05, 0.1) is 5.56 Å². The maximum Gasteiger partial charge on any atom is 0.257 e. The van der Waals surface area contributed by atoms with E-state index in [9.17, 15) is 9.59 Å². The van der Waals surface area contributed by atoms with E-state index >= 15 is 0 Å². The van der Waals surface area contributed by atoms with Crippen LogP contribution in [0.25, 0.3) is 0 Å². The summed E-state index contributed by atoms with van der Waals surface area (Å²) in [6.45, 7) is 3.65. The number of pyridine rings is 1. The van der Waals surface area contributed by atoms with Gasteiger partial charge in [0.15, 0.2) is 11.5 Å². The molecule has 9 heteroatoms. The first-order valence-electron chi connectivity index (χ1n) is 12.9. The van der Waals surface area contributed by atoms with E-state index in [2.05, 4.69) is 38.0 Å². The minimum atomic E-state index is -0.301. The van der Waals surface area contributed by atoms with Crippen molar-refractivity contribution >= 4 is 34.7 Å². The molecule has 3 aromatic carbocycles. The van der Waals surface area contributed by atoms with Crippen molar-refractivity contribution in [1.29, 1.82) is 0 Å². The summed E-state index contributed by atoms with van der Waals surface area (Å²) >= 11 is 0. The van der Waals surface area contributed by atoms with Crippen LogP contribution in [-0.4, -0.2) is 49.0 Å². The van der Waals surface area contributed by atoms with Gasteiger partial charge >= 0.3 is 0 Å². The monoisotopic (exact) mass is 537 g/mol. The molecule has 0 atom stereocenters. The number of aryl methyl sites for hydroxylation is 1. The Hall–Kier alpha value is -4.89. The van der Waals surface area contributed by atoms with Crippen LogP contribution in [0, 0.1) is 6.92 Å². The Morgan fingerprint density at radius 2 is 1.60 bits per heavy atom. The first-order chi connectivity index (χ1) is 19.3. The third-order valence-corrected chi connectivity index (χ3v) is 6.27. The number of carbonyl (C=O) groups is 2. The van der Waals surface area contributed by atoms with Crippen LogP contribution >= 0.6 is 0 Å². The summed E-state index contributed by atoms with van der Waals surface area (Å²) in [5, 5.41) is 9.09. The summed E-state index contributed by atoms with van der Waals surface area (Å²) in [4.78, 5) is 32.4. The summed E-state index contributed by atoms with van der Waals surface area (Å²) in [5.41, 5.74) is 4.96. The van der Waals surface area contributed by atoms with Crippen LogP contribution in [0.15, 0.2) is 79.0 Å². The normalized spacial score (nSPS) is 12.1. The molecule has 2 heterocycles. The van der Waals surface area contributed by atoms with Crippen molar-refractivity contribution in [1.82, 2.24) is 9.88 Å². The average Bonchev–Trinajstić information content (AvgIpc) is 2.94. The molecule has 0 radical (unpaired) electrons. The van der Waals surface area contributed by atoms with Gasteiger partial charge in [-0.1, -0.05) is 18.2 Å². The van der Waals surface area contributed by atoms with Gasteiger partial charge in [-0.3, -0.25) is 9.59 Å². The van der Waals surface area contributed by atoms with Crippen molar-refractivity contribution < 1.29 is 19.1 Å². The Balaban J connectivity index is 1.23. The molecule has 0 bridgehead atoms. The fourth-order valence-corrected chi connectivity index (χ4v) is 4.28. The van der Waals surface area contributed by atoms with E-state index in [0.717, 1.165) is 17.8 Å². The number of hydrogen-bond acceptors (Lipinski definition) is 7. The van der Waals surface area contributed by atoms with E-state index in [0.29, 0.717) is 53.0 Å². The minimum absolute atomic E-state index is 0.294. The highest BCUT2D eigenvalue weighted by Crippen LogP contribution is 2.31. The highest BCUT2D eigenvalue weighted by Gasteiger charge is 2.16. The number of benzene rings is 3. The van der Waals surface area contributed by atoms with Gasteiger partial charge in [0, 0.05) is 35.4 Å². The Kier molecular flexibility index (Phi) is 7.93. The molecule has 2 amide bonds. The number of amides is 2. The second-order valence-corrected chi connectivity index (χ2v) is 9.79. The second kappa shape index (κ2) is 11.9. The van der Waals surface area contributed by atoms with Crippen LogP contribution in [0.2, 0.25) is 0 Å². The number of aromatic nitrogens is 1. The lowest BCUT2D eigenvalue weighted by molar-refractivity contribution is 0.101. The number of hydrogen-bond donors (Lipinski definition) is 3. The lowest BCUT2D eigenvalue weighted by Gasteiger charge is -2.18. The maximum atomic E-state index is 13.0. The summed E-state index contributed by atoms with van der Waals surface area (Å²) in [6, 6.07) is 22.0. The molecular formula is C31H31N5O4. The number of nitrogens with one attached hydrogen (secondary N) is 3. The third kappa shape index (κ3) is 6.57. The van der Waals surface area contributed by atoms with E-state index in [1.807, 2.05) is 39.2 Å². The SMILES string of the molecule is Cc1ccc(NC(=O)c2ccc3c(c2)OCCO3)cc1NC(=O)c1ccc(Nc2cccc(CN(C)C)c2)nc1. The van der Waals surface area contributed by atoms with Crippen LogP contribution in [-0.2, 0) is 6.54 Å². The molecule has 0 saturated carbocycles. The summed E-state index contributed by atoms with van der Waals surface area (Å²) in [5.74, 6) is 1.21. The molecule has 5 rings (SSSR count). The molecule has 1 aliphatic heterocycles. The van der Waals surface area contributed by atoms with Crippen molar-refractivity contribution in [2.24, 2.45) is 0 Å². The minimum Gasteiger partial charge on any atom is -0.486 e. The summed E-state index contributed by atoms with van der Waals surface area (Å²) in [7, 11) is 4.06. The predicted octanol–water partition coefficient (Wildman–Crippen LogP) is 5.47. The molecule has 0 aliphatic carbocycles. The highest BCUT2D eigenvalue weighted by molar-refractivity contribution is 6.07. The van der Waals surface area contributed by atoms with Gasteiger partial charge in [-0.25, -0.2) is 4.98 Å². The standard InChI is InChI=1S/C31H31N5O4/c1-20-7-10-25(34-30(37)22-8-11-27-28(16-22)40-14-13-39-27)17-26(20)35-31(38)23-9-12-29(32-18-23)33-24-6-4-5-21(15-24)19-36(2)3/h4-12,15-18H,13-14,19H2,1-3H3,(H,32,33)(H,34,37)(H,35,38). The van der Waals surface area contributed by atoms with Gasteiger partial charge in [-0.2, -0.15) is 0 Å². The molecule has 9 nitrogen and oxygen atoms in total. The van der Waals surface area contributed by atoms with E-state index in [-0.39, 0.29) is 11.8 Å². The smallest absolute Gasteiger partial charge is 0.257 e. The summed E-state index contributed by atoms with van der Waals surface area (Å²) < 4.78 is 11.1. The number of fused-ring (bicyclic) bond motifs is 1. The average molecular weight is 538 g/mol. The number of rotatable bonds is 8. The van der Waals surface area contributed by atoms with Crippen LogP contribution in [0.1, 0.15) is 31.8 Å². The van der Waals surface area contributed by atoms with Gasteiger partial charge < -0.3 is 30.3 Å². The van der Waals surface area contributed by atoms with Gasteiger partial charge in [0.25, 0.3) is 11.8 Å². The van der Waals surface area contributed by atoms with Gasteiger partial charge in [-0.15, -0.1) is 0 Å². The van der Waals surface area contributed by atoms with Crippen molar-refractivity contribution in [2.75, 3.05) is 43.3 Å². The molecule has 0 spiro atoms. The quantitative estimate of drug-likeness (QED) is 0.274. The zero-order valence-electron chi connectivity index (χ0n) is 22.7. The summed E-state index contributed by atoms with van der Waals surface area (Å²) in [6.07, 6.45) is 1.53. The molecule has 0 saturated heterocycles. The van der Waals surface area contributed by atoms with Crippen LogP contribution < -0.4 is 25.4 Å². The van der Waals surface area contributed by atoms with Crippen molar-refractivity contribution in [3.8, 4) is 11.5 Å². The molecule has 40 heavy (non-hydrogen) atoms. The first kappa shape index (κ1) is 26.7. The van der Waals surface area contributed by atoms with Gasteiger partial charge in [0.1, 0.15) is 19.0 Å². The lowest BCUT2D eigenvalue weighted by Crippen LogP contribution is -2.17. The number of carbonyl (C=O) groups excluding carboxylic acids is 2. The molecule has 1 aromatic heterocycles. The Morgan fingerprint density at radius 1 is 0.825 bits per heavy atom. The molecule has 4 aromatic rings. The molecule has 0 unspecified atom stereocenters. The van der Waals surface area contributed by atoms with Crippen molar-refractivity contribution in [3.05, 3.63) is 101 Å². The molecule has 204 valence electrons. The van der Waals surface area contributed by atoms with Crippen LogP contribution in [0.3, 0.4) is 0 Å². The van der Waals surface area contributed by atoms with E-state index in [4.69, 9.17) is 9.47 Å². The topological polar surface area (TPSA) is 105 Å². The Bertz CT molecular complexity index is 1540. The van der Waals surface area contributed by atoms with E-state index < -0.39 is 0 Å². The van der Waals surface area contributed by atoms with Gasteiger partial charge in [0.2, 0.25) is 0 Å². The number of ether oxygens (including phenoxy) is 2. The largest absolute Gasteiger partial charge is 0.486 e. The predicted molar refractivity (Wildman–Crippen MR) is 156 cm³/mol. The zero-order valence-corrected chi connectivity index (χ0v) is 22.7. The second-order valence-electron chi connectivity index (χ2n) is 9.79. The van der Waals surface area contributed by atoms with Crippen molar-refractivity contribution in [2.45, 2.75) is 13.5 Å². The Morgan fingerprint density at radius 3 is 2.38 bits per heavy atom. The molecular weight excluding hydrogens is 506 g/mol. The molecule has 1 aliphatic rings. The maximum absolute atomic E-state index is 13.0. The third-order valence-electron chi connectivity index (χ3n) is 6.27. The zero-order chi connectivity index (χ0) is 28.1. The van der Waals surface area contributed by atoms with Crippen LogP contribution in [0.4, 0.5) is 22.9 Å². The van der Waals surface area contributed by atoms with Crippen molar-refractivity contribution in [3.63, 3.8) is 0 Å². The highest BCUT2D eigenvalue weighted by atomic mass is 16.6. The lowest BCUT2D eigenvalue weighted by atomic mass is 10.1.